The SMILES string of the molecule is Cc1ccc(-c2[nH][nH]c(=O)c2CCN)cc1C. The molecule has 0 spiro atoms. The van der Waals surface area contributed by atoms with Crippen LogP contribution in [0.5, 0.6) is 0 Å². The molecule has 0 fully saturated rings. The van der Waals surface area contributed by atoms with E-state index < -0.39 is 0 Å². The number of hydrogen-bond donors (Lipinski definition) is 3. The van der Waals surface area contributed by atoms with Crippen molar-refractivity contribution >= 4 is 0 Å². The van der Waals surface area contributed by atoms with Crippen LogP contribution in [0.3, 0.4) is 0 Å². The predicted molar refractivity (Wildman–Crippen MR) is 69.1 cm³/mol. The van der Waals surface area contributed by atoms with Crippen molar-refractivity contribution in [1.82, 2.24) is 10.2 Å². The summed E-state index contributed by atoms with van der Waals surface area (Å²) < 4.78 is 0. The Bertz CT molecular complexity index is 581. The third-order valence-electron chi connectivity index (χ3n) is 3.07. The van der Waals surface area contributed by atoms with Crippen LogP contribution in [0.1, 0.15) is 16.7 Å². The molecule has 0 saturated carbocycles. The highest BCUT2D eigenvalue weighted by atomic mass is 16.1. The summed E-state index contributed by atoms with van der Waals surface area (Å²) in [5.41, 5.74) is 10.5. The Morgan fingerprint density at radius 1 is 1.18 bits per heavy atom. The van der Waals surface area contributed by atoms with Gasteiger partial charge in [0.05, 0.1) is 5.69 Å². The third-order valence-corrected chi connectivity index (χ3v) is 3.07. The first kappa shape index (κ1) is 11.7. The van der Waals surface area contributed by atoms with Crippen molar-refractivity contribution in [2.45, 2.75) is 20.3 Å². The van der Waals surface area contributed by atoms with Gasteiger partial charge in [0.1, 0.15) is 0 Å². The molecular weight excluding hydrogens is 214 g/mol. The van der Waals surface area contributed by atoms with E-state index in [0.29, 0.717) is 13.0 Å². The lowest BCUT2D eigenvalue weighted by Gasteiger charge is -2.05. The van der Waals surface area contributed by atoms with Crippen LogP contribution in [0, 0.1) is 13.8 Å². The first-order valence-electron chi connectivity index (χ1n) is 5.70. The molecule has 90 valence electrons. The maximum absolute atomic E-state index is 11.6. The number of nitrogens with two attached hydrogens (primary N) is 1. The summed E-state index contributed by atoms with van der Waals surface area (Å²) in [5, 5.41) is 5.55. The van der Waals surface area contributed by atoms with Crippen LogP contribution in [-0.2, 0) is 6.42 Å². The van der Waals surface area contributed by atoms with E-state index in [1.165, 1.54) is 11.1 Å². The summed E-state index contributed by atoms with van der Waals surface area (Å²) in [6, 6.07) is 6.15. The van der Waals surface area contributed by atoms with Gasteiger partial charge in [-0.25, -0.2) is 0 Å². The Balaban J connectivity index is 2.52. The lowest BCUT2D eigenvalue weighted by molar-refractivity contribution is 0.960. The van der Waals surface area contributed by atoms with Gasteiger partial charge < -0.3 is 5.73 Å². The number of H-pyrrole nitrogens is 2. The molecular formula is C13H17N3O. The Labute approximate surface area is 99.8 Å². The lowest BCUT2D eigenvalue weighted by atomic mass is 10.0. The van der Waals surface area contributed by atoms with E-state index in [4.69, 9.17) is 5.73 Å². The van der Waals surface area contributed by atoms with Gasteiger partial charge in [0.15, 0.2) is 0 Å². The van der Waals surface area contributed by atoms with E-state index in [-0.39, 0.29) is 5.56 Å². The maximum Gasteiger partial charge on any atom is 0.267 e. The van der Waals surface area contributed by atoms with Crippen molar-refractivity contribution in [3.8, 4) is 11.3 Å². The molecule has 0 aliphatic rings. The summed E-state index contributed by atoms with van der Waals surface area (Å²) in [6.45, 7) is 4.60. The minimum Gasteiger partial charge on any atom is -0.330 e. The van der Waals surface area contributed by atoms with Crippen molar-refractivity contribution in [2.75, 3.05) is 6.54 Å². The molecule has 0 atom stereocenters. The predicted octanol–water partition coefficient (Wildman–Crippen LogP) is 1.49. The van der Waals surface area contributed by atoms with Gasteiger partial charge in [0.25, 0.3) is 5.56 Å². The minimum absolute atomic E-state index is 0.0799. The molecule has 2 rings (SSSR count). The fourth-order valence-corrected chi connectivity index (χ4v) is 1.91. The number of aromatic amines is 2. The van der Waals surface area contributed by atoms with Gasteiger partial charge in [-0.1, -0.05) is 12.1 Å². The molecule has 0 aliphatic heterocycles. The Morgan fingerprint density at radius 2 is 1.94 bits per heavy atom. The van der Waals surface area contributed by atoms with E-state index >= 15 is 0 Å². The molecule has 0 radical (unpaired) electrons. The van der Waals surface area contributed by atoms with E-state index in [2.05, 4.69) is 36.2 Å². The molecule has 0 bridgehead atoms. The van der Waals surface area contributed by atoms with Crippen molar-refractivity contribution < 1.29 is 0 Å². The quantitative estimate of drug-likeness (QED) is 0.748. The summed E-state index contributed by atoms with van der Waals surface area (Å²) in [5.74, 6) is 0. The maximum atomic E-state index is 11.6. The van der Waals surface area contributed by atoms with Crippen LogP contribution in [0.25, 0.3) is 11.3 Å². The fourth-order valence-electron chi connectivity index (χ4n) is 1.91. The van der Waals surface area contributed by atoms with Gasteiger partial charge in [0.2, 0.25) is 0 Å². The number of hydrogen-bond acceptors (Lipinski definition) is 2. The van der Waals surface area contributed by atoms with Crippen molar-refractivity contribution in [2.24, 2.45) is 5.73 Å². The minimum atomic E-state index is -0.0799. The second-order valence-corrected chi connectivity index (χ2v) is 4.27. The Kier molecular flexibility index (Phi) is 3.15. The summed E-state index contributed by atoms with van der Waals surface area (Å²) in [7, 11) is 0. The largest absolute Gasteiger partial charge is 0.330 e. The molecule has 2 aromatic rings. The van der Waals surface area contributed by atoms with Crippen molar-refractivity contribution in [1.29, 1.82) is 0 Å². The summed E-state index contributed by atoms with van der Waals surface area (Å²) >= 11 is 0. The standard InChI is InChI=1S/C13H17N3O/c1-8-3-4-10(7-9(8)2)12-11(5-6-14)13(17)16-15-12/h3-4,7H,5-6,14H2,1-2H3,(H2,15,16,17). The smallest absolute Gasteiger partial charge is 0.267 e. The van der Waals surface area contributed by atoms with Crippen molar-refractivity contribution in [3.63, 3.8) is 0 Å². The normalized spacial score (nSPS) is 10.8. The first-order valence-corrected chi connectivity index (χ1v) is 5.70. The Hall–Kier alpha value is -1.81. The van der Waals surface area contributed by atoms with Crippen LogP contribution in [0.4, 0.5) is 0 Å². The van der Waals surface area contributed by atoms with Gasteiger partial charge in [-0.05, 0) is 44.0 Å². The average molecular weight is 231 g/mol. The van der Waals surface area contributed by atoms with Crippen LogP contribution in [0.2, 0.25) is 0 Å². The number of nitrogens with one attached hydrogen (secondary N) is 2. The molecule has 4 heteroatoms. The summed E-state index contributed by atoms with van der Waals surface area (Å²) in [4.78, 5) is 11.6. The summed E-state index contributed by atoms with van der Waals surface area (Å²) in [6.07, 6.45) is 0.584. The topological polar surface area (TPSA) is 74.7 Å². The van der Waals surface area contributed by atoms with Gasteiger partial charge >= 0.3 is 0 Å². The number of rotatable bonds is 3. The molecule has 17 heavy (non-hydrogen) atoms. The van der Waals surface area contributed by atoms with Crippen LogP contribution >= 0.6 is 0 Å². The van der Waals surface area contributed by atoms with Crippen LogP contribution in [-0.4, -0.2) is 16.7 Å². The zero-order valence-electron chi connectivity index (χ0n) is 10.1. The third kappa shape index (κ3) is 2.17. The van der Waals surface area contributed by atoms with Gasteiger partial charge in [-0.15, -0.1) is 0 Å². The highest BCUT2D eigenvalue weighted by Gasteiger charge is 2.11. The average Bonchev–Trinajstić information content (AvgIpc) is 2.66. The lowest BCUT2D eigenvalue weighted by Crippen LogP contribution is -2.12. The number of aromatic nitrogens is 2. The zero-order valence-corrected chi connectivity index (χ0v) is 10.1. The first-order chi connectivity index (χ1) is 8.13. The van der Waals surface area contributed by atoms with Crippen LogP contribution < -0.4 is 11.3 Å². The highest BCUT2D eigenvalue weighted by Crippen LogP contribution is 2.21. The van der Waals surface area contributed by atoms with E-state index in [1.54, 1.807) is 0 Å². The monoisotopic (exact) mass is 231 g/mol. The van der Waals surface area contributed by atoms with E-state index in [9.17, 15) is 4.79 Å². The van der Waals surface area contributed by atoms with Gasteiger partial charge in [-0.2, -0.15) is 0 Å². The molecule has 4 N–H and O–H groups in total. The van der Waals surface area contributed by atoms with Crippen molar-refractivity contribution in [3.05, 3.63) is 45.2 Å². The Morgan fingerprint density at radius 3 is 2.59 bits per heavy atom. The second-order valence-electron chi connectivity index (χ2n) is 4.27. The van der Waals surface area contributed by atoms with Crippen LogP contribution in [0.15, 0.2) is 23.0 Å². The molecule has 0 unspecified atom stereocenters. The molecule has 1 aromatic heterocycles. The fraction of sp³-hybridized carbons (Fsp3) is 0.308. The van der Waals surface area contributed by atoms with Gasteiger partial charge in [-0.3, -0.25) is 15.0 Å². The number of aryl methyl sites for hydroxylation is 2. The molecule has 4 nitrogen and oxygen atoms in total. The molecule has 0 saturated heterocycles. The zero-order chi connectivity index (χ0) is 12.4. The van der Waals surface area contributed by atoms with Gasteiger partial charge in [0, 0.05) is 11.1 Å². The molecule has 1 aromatic carbocycles. The molecule has 0 amide bonds. The van der Waals surface area contributed by atoms with E-state index in [0.717, 1.165) is 16.8 Å². The highest BCUT2D eigenvalue weighted by molar-refractivity contribution is 5.64. The molecule has 0 aliphatic carbocycles. The van der Waals surface area contributed by atoms with E-state index in [1.807, 2.05) is 6.07 Å². The molecule has 1 heterocycles. The number of benzene rings is 1. The second kappa shape index (κ2) is 4.59.